The minimum absolute atomic E-state index is 0.102. The second-order valence-electron chi connectivity index (χ2n) is 3.50. The lowest BCUT2D eigenvalue weighted by Gasteiger charge is -2.14. The lowest BCUT2D eigenvalue weighted by atomic mass is 10.2. The van der Waals surface area contributed by atoms with Crippen molar-refractivity contribution >= 4 is 5.97 Å². The molecule has 0 aliphatic carbocycles. The van der Waals surface area contributed by atoms with E-state index in [-0.39, 0.29) is 12.4 Å². The van der Waals surface area contributed by atoms with Gasteiger partial charge in [-0.1, -0.05) is 0 Å². The van der Waals surface area contributed by atoms with E-state index in [1.807, 2.05) is 0 Å². The number of hydrogen-bond acceptors (Lipinski definition) is 3. The van der Waals surface area contributed by atoms with Crippen LogP contribution in [-0.2, 0) is 9.53 Å². The third-order valence-corrected chi connectivity index (χ3v) is 2.17. The van der Waals surface area contributed by atoms with Gasteiger partial charge in [0.25, 0.3) is 0 Å². The molecule has 5 heteroatoms. The third-order valence-electron chi connectivity index (χ3n) is 2.17. The monoisotopic (exact) mass is 242 g/mol. The van der Waals surface area contributed by atoms with Crippen LogP contribution in [0.5, 0.6) is 5.75 Å². The smallest absolute Gasteiger partial charge is 0.336 e. The summed E-state index contributed by atoms with van der Waals surface area (Å²) in [7, 11) is 0. The average molecular weight is 242 g/mol. The summed E-state index contributed by atoms with van der Waals surface area (Å²) in [5, 5.41) is 8.83. The van der Waals surface area contributed by atoms with Crippen LogP contribution in [0.1, 0.15) is 12.5 Å². The number of halogens is 1. The average Bonchev–Trinajstić information content (AvgIpc) is 2.25. The topological polar surface area (TPSA) is 55.8 Å². The Kier molecular flexibility index (Phi) is 4.90. The Labute approximate surface area is 99.0 Å². The van der Waals surface area contributed by atoms with E-state index in [4.69, 9.17) is 14.6 Å². The van der Waals surface area contributed by atoms with E-state index in [0.717, 1.165) is 0 Å². The first kappa shape index (κ1) is 13.4. The quantitative estimate of drug-likeness (QED) is 0.829. The Morgan fingerprint density at radius 1 is 1.53 bits per heavy atom. The van der Waals surface area contributed by atoms with E-state index in [9.17, 15) is 9.18 Å². The molecule has 17 heavy (non-hydrogen) atoms. The Balaban J connectivity index is 2.62. The fourth-order valence-corrected chi connectivity index (χ4v) is 1.33. The summed E-state index contributed by atoms with van der Waals surface area (Å²) >= 11 is 0. The fourth-order valence-electron chi connectivity index (χ4n) is 1.33. The van der Waals surface area contributed by atoms with Gasteiger partial charge in [-0.25, -0.2) is 9.18 Å². The van der Waals surface area contributed by atoms with Crippen LogP contribution >= 0.6 is 0 Å². The maximum atomic E-state index is 12.8. The molecule has 4 nitrogen and oxygen atoms in total. The zero-order chi connectivity index (χ0) is 12.8. The van der Waals surface area contributed by atoms with Crippen LogP contribution in [0.15, 0.2) is 18.2 Å². The largest absolute Gasteiger partial charge is 0.490 e. The van der Waals surface area contributed by atoms with Crippen LogP contribution in [0, 0.1) is 12.7 Å². The molecule has 0 heterocycles. The molecule has 0 amide bonds. The van der Waals surface area contributed by atoms with Gasteiger partial charge in [0.2, 0.25) is 0 Å². The molecular weight excluding hydrogens is 227 g/mol. The second kappa shape index (κ2) is 6.20. The molecule has 1 N–H and O–H groups in total. The molecule has 0 saturated carbocycles. The number of carboxylic acid groups (broad SMARTS) is 1. The summed E-state index contributed by atoms with van der Waals surface area (Å²) in [5.74, 6) is -0.974. The van der Waals surface area contributed by atoms with Crippen molar-refractivity contribution in [2.24, 2.45) is 0 Å². The summed E-state index contributed by atoms with van der Waals surface area (Å²) < 4.78 is 23.1. The van der Waals surface area contributed by atoms with Crippen molar-refractivity contribution in [2.45, 2.75) is 20.0 Å². The minimum Gasteiger partial charge on any atom is -0.490 e. The Hall–Kier alpha value is -1.62. The molecule has 0 aliphatic rings. The highest BCUT2D eigenvalue weighted by atomic mass is 19.1. The van der Waals surface area contributed by atoms with Crippen LogP contribution in [0.3, 0.4) is 0 Å². The van der Waals surface area contributed by atoms with Gasteiger partial charge >= 0.3 is 5.97 Å². The molecule has 0 aromatic heterocycles. The normalized spacial score (nSPS) is 12.2. The van der Waals surface area contributed by atoms with Crippen molar-refractivity contribution in [3.8, 4) is 5.75 Å². The van der Waals surface area contributed by atoms with Gasteiger partial charge in [-0.2, -0.15) is 0 Å². The molecule has 0 fully saturated rings. The first-order chi connectivity index (χ1) is 8.04. The SMILES string of the molecule is CCOC(COc1ccc(F)cc1C)C(=O)O. The number of ether oxygens (including phenoxy) is 2. The van der Waals surface area contributed by atoms with Gasteiger partial charge in [0.05, 0.1) is 0 Å². The predicted octanol–water partition coefficient (Wildman–Crippen LogP) is 2.00. The van der Waals surface area contributed by atoms with E-state index in [2.05, 4.69) is 0 Å². The highest BCUT2D eigenvalue weighted by Crippen LogP contribution is 2.18. The molecule has 0 spiro atoms. The first-order valence-corrected chi connectivity index (χ1v) is 5.28. The number of carbonyl (C=O) groups is 1. The van der Waals surface area contributed by atoms with E-state index in [0.29, 0.717) is 17.9 Å². The van der Waals surface area contributed by atoms with Crippen molar-refractivity contribution in [1.29, 1.82) is 0 Å². The number of carboxylic acids is 1. The maximum absolute atomic E-state index is 12.8. The van der Waals surface area contributed by atoms with Crippen LogP contribution in [-0.4, -0.2) is 30.4 Å². The van der Waals surface area contributed by atoms with Crippen molar-refractivity contribution in [2.75, 3.05) is 13.2 Å². The zero-order valence-electron chi connectivity index (χ0n) is 9.77. The molecule has 0 bridgehead atoms. The van der Waals surface area contributed by atoms with Gasteiger partial charge in [-0.15, -0.1) is 0 Å². The summed E-state index contributed by atoms with van der Waals surface area (Å²) in [6, 6.07) is 4.06. The molecule has 1 unspecified atom stereocenters. The Bertz CT molecular complexity index is 392. The zero-order valence-corrected chi connectivity index (χ0v) is 9.77. The molecule has 1 aromatic carbocycles. The summed E-state index contributed by atoms with van der Waals surface area (Å²) in [6.07, 6.45) is -1.01. The number of benzene rings is 1. The fraction of sp³-hybridized carbons (Fsp3) is 0.417. The Morgan fingerprint density at radius 3 is 2.76 bits per heavy atom. The molecule has 1 rings (SSSR count). The van der Waals surface area contributed by atoms with E-state index in [1.165, 1.54) is 18.2 Å². The molecule has 94 valence electrons. The first-order valence-electron chi connectivity index (χ1n) is 5.28. The molecule has 1 atom stereocenters. The molecule has 0 aliphatic heterocycles. The highest BCUT2D eigenvalue weighted by Gasteiger charge is 2.18. The van der Waals surface area contributed by atoms with Gasteiger partial charge in [0.15, 0.2) is 6.10 Å². The number of aryl methyl sites for hydroxylation is 1. The van der Waals surface area contributed by atoms with Crippen LogP contribution in [0.2, 0.25) is 0 Å². The maximum Gasteiger partial charge on any atom is 0.336 e. The van der Waals surface area contributed by atoms with Gasteiger partial charge in [-0.3, -0.25) is 0 Å². The second-order valence-corrected chi connectivity index (χ2v) is 3.50. The summed E-state index contributed by atoms with van der Waals surface area (Å²) in [5.41, 5.74) is 0.616. The standard InChI is InChI=1S/C12H15FO4/c1-3-16-11(12(14)15)7-17-10-5-4-9(13)6-8(10)2/h4-6,11H,3,7H2,1-2H3,(H,14,15). The van der Waals surface area contributed by atoms with Crippen LogP contribution < -0.4 is 4.74 Å². The molecule has 0 saturated heterocycles. The highest BCUT2D eigenvalue weighted by molar-refractivity contribution is 5.72. The number of rotatable bonds is 6. The molecular formula is C12H15FO4. The van der Waals surface area contributed by atoms with Crippen molar-refractivity contribution in [3.63, 3.8) is 0 Å². The predicted molar refractivity (Wildman–Crippen MR) is 59.7 cm³/mol. The lowest BCUT2D eigenvalue weighted by Crippen LogP contribution is -2.30. The van der Waals surface area contributed by atoms with Gasteiger partial charge < -0.3 is 14.6 Å². The van der Waals surface area contributed by atoms with Crippen LogP contribution in [0.25, 0.3) is 0 Å². The van der Waals surface area contributed by atoms with Crippen LogP contribution in [0.4, 0.5) is 4.39 Å². The molecule has 0 radical (unpaired) electrons. The van der Waals surface area contributed by atoms with Gasteiger partial charge in [0, 0.05) is 6.61 Å². The van der Waals surface area contributed by atoms with Crippen molar-refractivity contribution in [3.05, 3.63) is 29.6 Å². The van der Waals surface area contributed by atoms with E-state index < -0.39 is 12.1 Å². The van der Waals surface area contributed by atoms with E-state index in [1.54, 1.807) is 13.8 Å². The van der Waals surface area contributed by atoms with Gasteiger partial charge in [-0.05, 0) is 37.6 Å². The summed E-state index contributed by atoms with van der Waals surface area (Å²) in [4.78, 5) is 10.8. The lowest BCUT2D eigenvalue weighted by molar-refractivity contribution is -0.152. The Morgan fingerprint density at radius 2 is 2.24 bits per heavy atom. The van der Waals surface area contributed by atoms with E-state index >= 15 is 0 Å². The number of aliphatic carboxylic acids is 1. The van der Waals surface area contributed by atoms with Crippen molar-refractivity contribution < 1.29 is 23.8 Å². The third kappa shape index (κ3) is 4.03. The van der Waals surface area contributed by atoms with Gasteiger partial charge in [0.1, 0.15) is 18.2 Å². The number of hydrogen-bond donors (Lipinski definition) is 1. The molecule has 1 aromatic rings. The van der Waals surface area contributed by atoms with Crippen molar-refractivity contribution in [1.82, 2.24) is 0 Å². The minimum atomic E-state index is -1.08. The summed E-state index contributed by atoms with van der Waals surface area (Å²) in [6.45, 7) is 3.59.